The molecule has 0 radical (unpaired) electrons. The summed E-state index contributed by atoms with van der Waals surface area (Å²) in [4.78, 5) is 24.2. The molecule has 8 heteroatoms. The van der Waals surface area contributed by atoms with Gasteiger partial charge in [-0.2, -0.15) is 0 Å². The van der Waals surface area contributed by atoms with Gasteiger partial charge in [0, 0.05) is 40.5 Å². The van der Waals surface area contributed by atoms with E-state index in [4.69, 9.17) is 28.8 Å². The van der Waals surface area contributed by atoms with Crippen molar-refractivity contribution in [1.82, 2.24) is 10.3 Å². The summed E-state index contributed by atoms with van der Waals surface area (Å²) in [5.74, 6) is -0.238. The number of nitrogens with one attached hydrogen (secondary N) is 2. The molecule has 1 aromatic heterocycles. The van der Waals surface area contributed by atoms with E-state index in [2.05, 4.69) is 15.6 Å². The highest BCUT2D eigenvalue weighted by Gasteiger charge is 2.30. The Morgan fingerprint density at radius 2 is 1.85 bits per heavy atom. The number of pyridine rings is 1. The summed E-state index contributed by atoms with van der Waals surface area (Å²) < 4.78 is 0. The third-order valence-electron chi connectivity index (χ3n) is 5.61. The lowest BCUT2D eigenvalue weighted by molar-refractivity contribution is -0.119. The van der Waals surface area contributed by atoms with Crippen molar-refractivity contribution in [3.05, 3.63) is 101 Å². The van der Waals surface area contributed by atoms with Crippen molar-refractivity contribution < 1.29 is 4.79 Å². The molecule has 1 atom stereocenters. The van der Waals surface area contributed by atoms with E-state index in [1.807, 2.05) is 72.8 Å². The van der Waals surface area contributed by atoms with Crippen molar-refractivity contribution >= 4 is 62.8 Å². The summed E-state index contributed by atoms with van der Waals surface area (Å²) in [6.07, 6.45) is 0.811. The first-order valence-electron chi connectivity index (χ1n) is 10.6. The minimum absolute atomic E-state index is 0.238. The van der Waals surface area contributed by atoms with Crippen LogP contribution in [-0.4, -0.2) is 34.9 Å². The Morgan fingerprint density at radius 1 is 1.03 bits per heavy atom. The molecule has 0 saturated carbocycles. The molecule has 0 fully saturated rings. The van der Waals surface area contributed by atoms with Crippen molar-refractivity contribution in [1.29, 1.82) is 0 Å². The van der Waals surface area contributed by atoms with Gasteiger partial charge in [-0.25, -0.2) is 4.99 Å². The number of benzene rings is 3. The second kappa shape index (κ2) is 9.21. The first-order chi connectivity index (χ1) is 16.5. The van der Waals surface area contributed by atoms with Gasteiger partial charge in [0.05, 0.1) is 16.9 Å². The Bertz CT molecular complexity index is 1430. The van der Waals surface area contributed by atoms with Gasteiger partial charge in [0.1, 0.15) is 0 Å². The molecule has 5 rings (SSSR count). The van der Waals surface area contributed by atoms with Gasteiger partial charge in [-0.05, 0) is 54.7 Å². The second-order valence-electron chi connectivity index (χ2n) is 7.78. The molecule has 0 spiro atoms. The van der Waals surface area contributed by atoms with Crippen LogP contribution in [0.3, 0.4) is 0 Å². The molecule has 1 aliphatic rings. The highest BCUT2D eigenvalue weighted by molar-refractivity contribution is 7.80. The average Bonchev–Trinajstić information content (AvgIpc) is 2.95. The molecule has 1 amide bonds. The second-order valence-corrected chi connectivity index (χ2v) is 8.62. The maximum Gasteiger partial charge on any atom is 0.272 e. The first-order valence-corrected chi connectivity index (χ1v) is 11.4. The number of thiocarbonyl (C=S) groups is 1. The van der Waals surface area contributed by atoms with E-state index in [1.165, 1.54) is 0 Å². The van der Waals surface area contributed by atoms with Crippen LogP contribution in [0.2, 0.25) is 5.02 Å². The number of carbonyl (C=O) groups excluding carboxylic acids is 1. The Hall–Kier alpha value is -3.81. The SMILES string of the molecule is CN1C(=O)C(NC(=S)Nc2cccc3ncccc23)N=C(c2ccccc2)c2cc(Cl)ccc21. The van der Waals surface area contributed by atoms with Gasteiger partial charge < -0.3 is 15.5 Å². The lowest BCUT2D eigenvalue weighted by Gasteiger charge is -2.22. The fraction of sp³-hybridized carbons (Fsp3) is 0.0769. The van der Waals surface area contributed by atoms with Crippen molar-refractivity contribution in [2.45, 2.75) is 6.17 Å². The van der Waals surface area contributed by atoms with Crippen LogP contribution >= 0.6 is 23.8 Å². The highest BCUT2D eigenvalue weighted by atomic mass is 35.5. The zero-order valence-corrected chi connectivity index (χ0v) is 19.8. The Balaban J connectivity index is 1.51. The Labute approximate surface area is 207 Å². The number of likely N-dealkylation sites (N-methyl/N-ethyl adjacent to an activating group) is 1. The van der Waals surface area contributed by atoms with Gasteiger partial charge >= 0.3 is 0 Å². The number of benzodiazepines with no additional fused rings is 1. The molecular formula is C26H20ClN5OS. The monoisotopic (exact) mass is 485 g/mol. The molecular weight excluding hydrogens is 466 g/mol. The van der Waals surface area contributed by atoms with Crippen LogP contribution in [0.1, 0.15) is 11.1 Å². The van der Waals surface area contributed by atoms with Gasteiger partial charge in [0.15, 0.2) is 5.11 Å². The predicted octanol–water partition coefficient (Wildman–Crippen LogP) is 5.01. The van der Waals surface area contributed by atoms with Gasteiger partial charge in [-0.3, -0.25) is 9.78 Å². The van der Waals surface area contributed by atoms with Crippen LogP contribution in [0, 0.1) is 0 Å². The molecule has 0 saturated heterocycles. The molecule has 0 bridgehead atoms. The Morgan fingerprint density at radius 3 is 2.68 bits per heavy atom. The van der Waals surface area contributed by atoms with Crippen LogP contribution in [0.25, 0.3) is 10.9 Å². The number of hydrogen-bond donors (Lipinski definition) is 2. The van der Waals surface area contributed by atoms with E-state index in [1.54, 1.807) is 24.2 Å². The number of rotatable bonds is 3. The normalized spacial score (nSPS) is 15.4. The molecule has 2 heterocycles. The molecule has 3 aromatic carbocycles. The number of nitrogens with zero attached hydrogens (tertiary/aromatic N) is 3. The topological polar surface area (TPSA) is 69.6 Å². The van der Waals surface area contributed by atoms with Crippen LogP contribution in [-0.2, 0) is 4.79 Å². The third kappa shape index (κ3) is 4.23. The number of carbonyl (C=O) groups is 1. The number of fused-ring (bicyclic) bond motifs is 2. The zero-order chi connectivity index (χ0) is 23.7. The van der Waals surface area contributed by atoms with Crippen molar-refractivity contribution in [2.75, 3.05) is 17.3 Å². The number of aliphatic imine (C=N–C) groups is 1. The van der Waals surface area contributed by atoms with Crippen LogP contribution < -0.4 is 15.5 Å². The molecule has 2 N–H and O–H groups in total. The summed E-state index contributed by atoms with van der Waals surface area (Å²) in [7, 11) is 1.72. The van der Waals surface area contributed by atoms with Crippen LogP contribution in [0.15, 0.2) is 90.1 Å². The van der Waals surface area contributed by atoms with Crippen molar-refractivity contribution in [3.63, 3.8) is 0 Å². The molecule has 168 valence electrons. The van der Waals surface area contributed by atoms with Crippen molar-refractivity contribution in [2.24, 2.45) is 4.99 Å². The molecule has 1 unspecified atom stereocenters. The standard InChI is InChI=1S/C26H20ClN5OS/c1-32-22-13-12-17(27)15-19(22)23(16-7-3-2-4-8-16)30-24(25(32)33)31-26(34)29-21-11-5-10-20-18(21)9-6-14-28-20/h2-15,24H,1H3,(H2,29,31,34). The summed E-state index contributed by atoms with van der Waals surface area (Å²) in [6.45, 7) is 0. The van der Waals surface area contributed by atoms with Gasteiger partial charge in [-0.15, -0.1) is 0 Å². The lowest BCUT2D eigenvalue weighted by Crippen LogP contribution is -2.47. The Kier molecular flexibility index (Phi) is 5.96. The maximum atomic E-state index is 13.4. The van der Waals surface area contributed by atoms with Gasteiger partial charge in [0.25, 0.3) is 5.91 Å². The smallest absolute Gasteiger partial charge is 0.272 e. The van der Waals surface area contributed by atoms with E-state index in [-0.39, 0.29) is 11.0 Å². The molecule has 1 aliphatic heterocycles. The number of aromatic nitrogens is 1. The lowest BCUT2D eigenvalue weighted by atomic mass is 10.0. The largest absolute Gasteiger partial charge is 0.333 e. The molecule has 0 aliphatic carbocycles. The number of amides is 1. The van der Waals surface area contributed by atoms with E-state index in [0.29, 0.717) is 10.7 Å². The van der Waals surface area contributed by atoms with E-state index >= 15 is 0 Å². The fourth-order valence-electron chi connectivity index (χ4n) is 3.96. The van der Waals surface area contributed by atoms with Crippen LogP contribution in [0.5, 0.6) is 0 Å². The average molecular weight is 486 g/mol. The fourth-order valence-corrected chi connectivity index (χ4v) is 4.36. The molecule has 34 heavy (non-hydrogen) atoms. The minimum Gasteiger partial charge on any atom is -0.333 e. The highest BCUT2D eigenvalue weighted by Crippen LogP contribution is 2.30. The number of anilines is 2. The predicted molar refractivity (Wildman–Crippen MR) is 142 cm³/mol. The summed E-state index contributed by atoms with van der Waals surface area (Å²) in [6, 6.07) is 24.7. The number of halogens is 1. The van der Waals surface area contributed by atoms with Gasteiger partial charge in [0.2, 0.25) is 6.17 Å². The molecule has 6 nitrogen and oxygen atoms in total. The first kappa shape index (κ1) is 22.0. The summed E-state index contributed by atoms with van der Waals surface area (Å²) in [5, 5.41) is 8.05. The maximum absolute atomic E-state index is 13.4. The summed E-state index contributed by atoms with van der Waals surface area (Å²) in [5.41, 5.74) is 4.67. The summed E-state index contributed by atoms with van der Waals surface area (Å²) >= 11 is 11.9. The van der Waals surface area contributed by atoms with E-state index in [0.717, 1.165) is 33.4 Å². The van der Waals surface area contributed by atoms with Gasteiger partial charge in [-0.1, -0.05) is 48.0 Å². The quantitative estimate of drug-likeness (QED) is 0.399. The zero-order valence-electron chi connectivity index (χ0n) is 18.2. The number of hydrogen-bond acceptors (Lipinski definition) is 4. The minimum atomic E-state index is -0.931. The van der Waals surface area contributed by atoms with E-state index in [9.17, 15) is 4.79 Å². The van der Waals surface area contributed by atoms with Crippen LogP contribution in [0.4, 0.5) is 11.4 Å². The molecule has 4 aromatic rings. The van der Waals surface area contributed by atoms with Crippen molar-refractivity contribution in [3.8, 4) is 0 Å². The van der Waals surface area contributed by atoms with E-state index < -0.39 is 6.17 Å². The third-order valence-corrected chi connectivity index (χ3v) is 6.06.